The summed E-state index contributed by atoms with van der Waals surface area (Å²) < 4.78 is 0. The third-order valence-corrected chi connectivity index (χ3v) is 4.35. The minimum Gasteiger partial charge on any atom is -0.376 e. The summed E-state index contributed by atoms with van der Waals surface area (Å²) in [6.45, 7) is 5.72. The number of benzene rings is 2. The molecule has 0 saturated carbocycles. The maximum atomic E-state index is 12.2. The molecule has 0 spiro atoms. The fourth-order valence-electron chi connectivity index (χ4n) is 3.04. The van der Waals surface area contributed by atoms with Crippen LogP contribution in [0.25, 0.3) is 0 Å². The lowest BCUT2D eigenvalue weighted by atomic mass is 10.1. The first-order valence-corrected chi connectivity index (χ1v) is 9.50. The Morgan fingerprint density at radius 1 is 0.933 bits per heavy atom. The molecule has 0 aromatic heterocycles. The zero-order chi connectivity index (χ0) is 22.1. The summed E-state index contributed by atoms with van der Waals surface area (Å²) in [5.41, 5.74) is 4.68. The van der Waals surface area contributed by atoms with Crippen molar-refractivity contribution >= 4 is 29.1 Å². The van der Waals surface area contributed by atoms with E-state index >= 15 is 0 Å². The predicted molar refractivity (Wildman–Crippen MR) is 118 cm³/mol. The first-order valence-electron chi connectivity index (χ1n) is 9.50. The molecule has 0 saturated heterocycles. The van der Waals surface area contributed by atoms with E-state index in [0.29, 0.717) is 11.3 Å². The van der Waals surface area contributed by atoms with Crippen molar-refractivity contribution in [2.45, 2.75) is 20.8 Å². The van der Waals surface area contributed by atoms with Crippen LogP contribution in [0.4, 0.5) is 11.4 Å². The van der Waals surface area contributed by atoms with E-state index in [-0.39, 0.29) is 37.4 Å². The van der Waals surface area contributed by atoms with Crippen LogP contribution in [0.15, 0.2) is 36.4 Å². The second-order valence-corrected chi connectivity index (χ2v) is 6.88. The number of rotatable bonds is 8. The van der Waals surface area contributed by atoms with Crippen molar-refractivity contribution in [3.05, 3.63) is 58.7 Å². The Balaban J connectivity index is 1.87. The Kier molecular flexibility index (Phi) is 8.00. The summed E-state index contributed by atoms with van der Waals surface area (Å²) in [5.74, 6) is 1.32. The van der Waals surface area contributed by atoms with E-state index in [2.05, 4.69) is 27.2 Å². The Morgan fingerprint density at radius 3 is 2.27 bits per heavy atom. The summed E-state index contributed by atoms with van der Waals surface area (Å²) in [6.07, 6.45) is 5.15. The lowest BCUT2D eigenvalue weighted by molar-refractivity contribution is -0.122. The van der Waals surface area contributed by atoms with Crippen LogP contribution in [0.3, 0.4) is 0 Å². The predicted octanol–water partition coefficient (Wildman–Crippen LogP) is 2.14. The Labute approximate surface area is 176 Å². The van der Waals surface area contributed by atoms with Gasteiger partial charge in [-0.3, -0.25) is 14.4 Å². The number of anilines is 2. The minimum atomic E-state index is -0.374. The highest BCUT2D eigenvalue weighted by molar-refractivity contribution is 6.00. The summed E-state index contributed by atoms with van der Waals surface area (Å²) >= 11 is 0. The molecule has 2 rings (SSSR count). The quantitative estimate of drug-likeness (QED) is 0.505. The van der Waals surface area contributed by atoms with E-state index < -0.39 is 0 Å². The van der Waals surface area contributed by atoms with Gasteiger partial charge in [-0.05, 0) is 44.0 Å². The molecule has 3 amide bonds. The number of hydrogen-bond acceptors (Lipinski definition) is 4. The summed E-state index contributed by atoms with van der Waals surface area (Å²) in [6, 6.07) is 10.8. The van der Waals surface area contributed by atoms with Gasteiger partial charge in [-0.25, -0.2) is 0 Å². The summed E-state index contributed by atoms with van der Waals surface area (Å²) in [7, 11) is 0. The van der Waals surface area contributed by atoms with Gasteiger partial charge in [-0.1, -0.05) is 35.7 Å². The van der Waals surface area contributed by atoms with Gasteiger partial charge in [-0.15, -0.1) is 6.42 Å². The molecule has 30 heavy (non-hydrogen) atoms. The molecular weight excluding hydrogens is 380 g/mol. The van der Waals surface area contributed by atoms with E-state index in [4.69, 9.17) is 6.42 Å². The summed E-state index contributed by atoms with van der Waals surface area (Å²) in [4.78, 5) is 36.5. The molecule has 156 valence electrons. The highest BCUT2D eigenvalue weighted by Gasteiger charge is 2.12. The lowest BCUT2D eigenvalue weighted by Crippen LogP contribution is -2.36. The Morgan fingerprint density at radius 2 is 1.60 bits per heavy atom. The van der Waals surface area contributed by atoms with E-state index in [1.165, 1.54) is 0 Å². The second kappa shape index (κ2) is 10.7. The number of carbonyl (C=O) groups is 3. The first-order chi connectivity index (χ1) is 14.3. The van der Waals surface area contributed by atoms with Crippen molar-refractivity contribution in [1.82, 2.24) is 10.6 Å². The molecule has 0 aliphatic rings. The normalized spacial score (nSPS) is 9.93. The zero-order valence-corrected chi connectivity index (χ0v) is 17.4. The molecule has 2 aromatic rings. The first kappa shape index (κ1) is 22.5. The molecule has 7 heteroatoms. The van der Waals surface area contributed by atoms with Crippen LogP contribution in [0.1, 0.15) is 27.0 Å². The van der Waals surface area contributed by atoms with Crippen molar-refractivity contribution in [2.24, 2.45) is 0 Å². The van der Waals surface area contributed by atoms with Crippen LogP contribution < -0.4 is 21.3 Å². The topological polar surface area (TPSA) is 99.3 Å². The van der Waals surface area contributed by atoms with Crippen molar-refractivity contribution in [1.29, 1.82) is 0 Å². The van der Waals surface area contributed by atoms with Gasteiger partial charge in [0.1, 0.15) is 0 Å². The fraction of sp³-hybridized carbons (Fsp3) is 0.261. The van der Waals surface area contributed by atoms with Crippen LogP contribution in [-0.2, 0) is 9.59 Å². The maximum Gasteiger partial charge on any atom is 0.254 e. The Hall–Kier alpha value is -3.79. The highest BCUT2D eigenvalue weighted by Crippen LogP contribution is 2.21. The molecule has 0 aliphatic carbocycles. The smallest absolute Gasteiger partial charge is 0.254 e. The van der Waals surface area contributed by atoms with Crippen LogP contribution in [0.5, 0.6) is 0 Å². The largest absolute Gasteiger partial charge is 0.376 e. The van der Waals surface area contributed by atoms with Gasteiger partial charge in [0.15, 0.2) is 0 Å². The molecule has 0 heterocycles. The van der Waals surface area contributed by atoms with Crippen molar-refractivity contribution in [2.75, 3.05) is 30.3 Å². The zero-order valence-electron chi connectivity index (χ0n) is 17.4. The number of carbonyl (C=O) groups excluding carboxylic acids is 3. The maximum absolute atomic E-state index is 12.2. The fourth-order valence-corrected chi connectivity index (χ4v) is 3.04. The number of aryl methyl sites for hydroxylation is 3. The summed E-state index contributed by atoms with van der Waals surface area (Å²) in [5, 5.41) is 10.9. The minimum absolute atomic E-state index is 0.0880. The molecule has 0 bridgehead atoms. The monoisotopic (exact) mass is 406 g/mol. The van der Waals surface area contributed by atoms with Gasteiger partial charge >= 0.3 is 0 Å². The van der Waals surface area contributed by atoms with Gasteiger partial charge in [0, 0.05) is 11.4 Å². The third kappa shape index (κ3) is 6.38. The third-order valence-electron chi connectivity index (χ3n) is 4.35. The molecule has 0 aliphatic heterocycles. The van der Waals surface area contributed by atoms with Crippen molar-refractivity contribution in [3.8, 4) is 12.3 Å². The molecule has 4 N–H and O–H groups in total. The van der Waals surface area contributed by atoms with E-state index in [1.807, 2.05) is 32.9 Å². The molecule has 0 fully saturated rings. The van der Waals surface area contributed by atoms with E-state index in [0.717, 1.165) is 22.4 Å². The van der Waals surface area contributed by atoms with Crippen molar-refractivity contribution < 1.29 is 14.4 Å². The number of hydrogen-bond donors (Lipinski definition) is 4. The second-order valence-electron chi connectivity index (χ2n) is 6.88. The molecule has 0 unspecified atom stereocenters. The average Bonchev–Trinajstić information content (AvgIpc) is 2.71. The van der Waals surface area contributed by atoms with Crippen LogP contribution in [-0.4, -0.2) is 37.4 Å². The lowest BCUT2D eigenvalue weighted by Gasteiger charge is -2.14. The molecule has 0 radical (unpaired) electrons. The average molecular weight is 406 g/mol. The van der Waals surface area contributed by atoms with Gasteiger partial charge in [0.25, 0.3) is 5.91 Å². The number of amides is 3. The van der Waals surface area contributed by atoms with Crippen LogP contribution in [0, 0.1) is 33.1 Å². The standard InChI is InChI=1S/C23H26N4O3/c1-5-10-24-23(30)18-8-6-7-9-19(18)25-13-20(28)26-14-21(29)27-22-16(3)11-15(2)12-17(22)4/h1,6-9,11-12,25H,10,13-14H2,2-4H3,(H,24,30)(H,26,28)(H,27,29). The molecular formula is C23H26N4O3. The van der Waals surface area contributed by atoms with Crippen LogP contribution >= 0.6 is 0 Å². The van der Waals surface area contributed by atoms with Gasteiger partial charge < -0.3 is 21.3 Å². The van der Waals surface area contributed by atoms with E-state index in [1.54, 1.807) is 24.3 Å². The van der Waals surface area contributed by atoms with Gasteiger partial charge in [-0.2, -0.15) is 0 Å². The van der Waals surface area contributed by atoms with Gasteiger partial charge in [0.05, 0.1) is 25.2 Å². The van der Waals surface area contributed by atoms with Crippen molar-refractivity contribution in [3.63, 3.8) is 0 Å². The molecule has 7 nitrogen and oxygen atoms in total. The number of nitrogens with one attached hydrogen (secondary N) is 4. The number of para-hydroxylation sites is 1. The number of terminal acetylenes is 1. The molecule has 2 aromatic carbocycles. The van der Waals surface area contributed by atoms with Gasteiger partial charge in [0.2, 0.25) is 11.8 Å². The molecule has 0 atom stereocenters. The SMILES string of the molecule is C#CCNC(=O)c1ccccc1NCC(=O)NCC(=O)Nc1c(C)cc(C)cc1C. The van der Waals surface area contributed by atoms with E-state index in [9.17, 15) is 14.4 Å². The van der Waals surface area contributed by atoms with Crippen LogP contribution in [0.2, 0.25) is 0 Å². The Bertz CT molecular complexity index is 969. The highest BCUT2D eigenvalue weighted by atomic mass is 16.2.